The maximum absolute atomic E-state index is 10.7. The molecule has 0 radical (unpaired) electrons. The third kappa shape index (κ3) is 1.96. The van der Waals surface area contributed by atoms with Gasteiger partial charge in [0.25, 0.3) is 0 Å². The smallest absolute Gasteiger partial charge is 0.407 e. The van der Waals surface area contributed by atoms with Crippen molar-refractivity contribution in [2.24, 2.45) is 0 Å². The van der Waals surface area contributed by atoms with E-state index in [1.54, 1.807) is 0 Å². The van der Waals surface area contributed by atoms with Crippen LogP contribution in [0.5, 0.6) is 0 Å². The van der Waals surface area contributed by atoms with Crippen molar-refractivity contribution in [1.82, 2.24) is 5.32 Å². The second-order valence-electron chi connectivity index (χ2n) is 2.49. The zero-order chi connectivity index (χ0) is 8.43. The van der Waals surface area contributed by atoms with Gasteiger partial charge in [-0.15, -0.1) is 0 Å². The molecule has 3 atom stereocenters. The van der Waals surface area contributed by atoms with Crippen LogP contribution >= 0.6 is 22.6 Å². The Bertz CT molecular complexity index is 164. The molecule has 2 N–H and O–H groups in total. The number of aliphatic hydroxyl groups is 1. The first-order valence-electron chi connectivity index (χ1n) is 3.37. The van der Waals surface area contributed by atoms with Gasteiger partial charge in [0.05, 0.1) is 16.6 Å². The lowest BCUT2D eigenvalue weighted by molar-refractivity contribution is 0.0649. The molecular formula is C6H10INO3. The van der Waals surface area contributed by atoms with Gasteiger partial charge in [-0.25, -0.2) is 4.79 Å². The van der Waals surface area contributed by atoms with Crippen LogP contribution in [0, 0.1) is 0 Å². The predicted octanol–water partition coefficient (Wildman–Crippen LogP) is 0.279. The van der Waals surface area contributed by atoms with E-state index >= 15 is 0 Å². The summed E-state index contributed by atoms with van der Waals surface area (Å²) in [5.41, 5.74) is 0. The minimum Gasteiger partial charge on any atom is -0.445 e. The van der Waals surface area contributed by atoms with Crippen molar-refractivity contribution in [3.8, 4) is 0 Å². The lowest BCUT2D eigenvalue weighted by Gasteiger charge is -2.31. The fraction of sp³-hybridized carbons (Fsp3) is 0.833. The van der Waals surface area contributed by atoms with E-state index in [9.17, 15) is 4.79 Å². The summed E-state index contributed by atoms with van der Waals surface area (Å²) in [6, 6.07) is -0.174. The second kappa shape index (κ2) is 3.57. The summed E-state index contributed by atoms with van der Waals surface area (Å²) in [6.07, 6.45) is -0.564. The molecule has 1 rings (SSSR count). The van der Waals surface area contributed by atoms with Gasteiger partial charge in [0.15, 0.2) is 0 Å². The molecule has 5 heteroatoms. The topological polar surface area (TPSA) is 58.6 Å². The number of carbonyl (C=O) groups is 1. The van der Waals surface area contributed by atoms with Crippen molar-refractivity contribution in [3.63, 3.8) is 0 Å². The number of aliphatic hydroxyl groups excluding tert-OH is 1. The van der Waals surface area contributed by atoms with Gasteiger partial charge in [-0.2, -0.15) is 0 Å². The minimum atomic E-state index is -0.440. The summed E-state index contributed by atoms with van der Waals surface area (Å²) in [7, 11) is 0. The number of carbonyl (C=O) groups excluding carboxylic acids is 1. The number of alkyl carbamates (subject to hydrolysis) is 1. The minimum absolute atomic E-state index is 0.0347. The van der Waals surface area contributed by atoms with E-state index in [2.05, 4.69) is 27.9 Å². The Morgan fingerprint density at radius 1 is 1.82 bits per heavy atom. The first-order valence-corrected chi connectivity index (χ1v) is 4.61. The Hall–Kier alpha value is -0.0400. The average molecular weight is 271 g/mol. The molecule has 4 nitrogen and oxygen atoms in total. The molecule has 0 spiro atoms. The number of halogens is 1. The molecule has 1 aliphatic rings. The van der Waals surface area contributed by atoms with Crippen LogP contribution in [-0.4, -0.2) is 33.9 Å². The molecule has 0 bridgehead atoms. The monoisotopic (exact) mass is 271 g/mol. The highest BCUT2D eigenvalue weighted by Crippen LogP contribution is 2.18. The van der Waals surface area contributed by atoms with Gasteiger partial charge in [-0.1, -0.05) is 22.6 Å². The summed E-state index contributed by atoms with van der Waals surface area (Å²) in [5, 5.41) is 11.3. The van der Waals surface area contributed by atoms with Gasteiger partial charge in [-0.05, 0) is 6.92 Å². The SMILES string of the molecule is C[C@@H]1OC(=O)N[C@@H](CO)[C@@H]1I. The summed E-state index contributed by atoms with van der Waals surface area (Å²) < 4.78 is 5.00. The van der Waals surface area contributed by atoms with Crippen LogP contribution in [0.25, 0.3) is 0 Å². The van der Waals surface area contributed by atoms with E-state index in [1.807, 2.05) is 6.92 Å². The Labute approximate surface area is 78.4 Å². The summed E-state index contributed by atoms with van der Waals surface area (Å²) in [5.74, 6) is 0. The molecule has 0 aromatic rings. The molecule has 0 aliphatic carbocycles. The van der Waals surface area contributed by atoms with Crippen LogP contribution in [0.2, 0.25) is 0 Å². The number of cyclic esters (lactones) is 1. The van der Waals surface area contributed by atoms with Crippen LogP contribution in [0.3, 0.4) is 0 Å². The van der Waals surface area contributed by atoms with Gasteiger partial charge in [0.1, 0.15) is 6.10 Å². The third-order valence-electron chi connectivity index (χ3n) is 1.63. The summed E-state index contributed by atoms with van der Waals surface area (Å²) >= 11 is 2.16. The van der Waals surface area contributed by atoms with E-state index in [4.69, 9.17) is 9.84 Å². The molecule has 0 aromatic heterocycles. The maximum atomic E-state index is 10.7. The number of alkyl halides is 1. The van der Waals surface area contributed by atoms with Crippen LogP contribution in [-0.2, 0) is 4.74 Å². The standard InChI is InChI=1S/C6H10INO3/c1-3-5(7)4(2-9)8-6(10)11-3/h3-5,9H,2H2,1H3,(H,8,10)/t3-,4-,5+/m0/s1. The van der Waals surface area contributed by atoms with Crippen LogP contribution in [0.15, 0.2) is 0 Å². The fourth-order valence-electron chi connectivity index (χ4n) is 0.972. The van der Waals surface area contributed by atoms with E-state index in [0.29, 0.717) is 0 Å². The second-order valence-corrected chi connectivity index (χ2v) is 3.93. The number of amides is 1. The van der Waals surface area contributed by atoms with Crippen molar-refractivity contribution >= 4 is 28.7 Å². The number of ether oxygens (including phenoxy) is 1. The molecular weight excluding hydrogens is 261 g/mol. The number of rotatable bonds is 1. The van der Waals surface area contributed by atoms with Gasteiger partial charge in [-0.3, -0.25) is 0 Å². The van der Waals surface area contributed by atoms with E-state index in [0.717, 1.165) is 0 Å². The molecule has 1 amide bonds. The number of hydrogen-bond acceptors (Lipinski definition) is 3. The first-order chi connectivity index (χ1) is 5.15. The zero-order valence-electron chi connectivity index (χ0n) is 6.08. The quantitative estimate of drug-likeness (QED) is 0.532. The van der Waals surface area contributed by atoms with Crippen molar-refractivity contribution in [2.75, 3.05) is 6.61 Å². The third-order valence-corrected chi connectivity index (χ3v) is 3.51. The van der Waals surface area contributed by atoms with E-state index < -0.39 is 6.09 Å². The predicted molar refractivity (Wildman–Crippen MR) is 47.8 cm³/mol. The van der Waals surface area contributed by atoms with Gasteiger partial charge >= 0.3 is 6.09 Å². The summed E-state index contributed by atoms with van der Waals surface area (Å²) in [6.45, 7) is 1.78. The normalized spacial score (nSPS) is 37.7. The Kier molecular flexibility index (Phi) is 2.94. The molecule has 64 valence electrons. The van der Waals surface area contributed by atoms with Crippen molar-refractivity contribution < 1.29 is 14.6 Å². The highest BCUT2D eigenvalue weighted by Gasteiger charge is 2.32. The zero-order valence-corrected chi connectivity index (χ0v) is 8.24. The Morgan fingerprint density at radius 2 is 2.45 bits per heavy atom. The molecule has 1 fully saturated rings. The Morgan fingerprint density at radius 3 is 3.00 bits per heavy atom. The van der Waals surface area contributed by atoms with Crippen LogP contribution in [0.1, 0.15) is 6.92 Å². The Balaban J connectivity index is 2.58. The summed E-state index contributed by atoms with van der Waals surface area (Å²) in [4.78, 5) is 10.7. The van der Waals surface area contributed by atoms with E-state index in [-0.39, 0.29) is 22.7 Å². The average Bonchev–Trinajstić information content (AvgIpc) is 1.96. The van der Waals surface area contributed by atoms with Crippen LogP contribution in [0.4, 0.5) is 4.79 Å². The molecule has 1 heterocycles. The largest absolute Gasteiger partial charge is 0.445 e. The molecule has 0 unspecified atom stereocenters. The highest BCUT2D eigenvalue weighted by molar-refractivity contribution is 14.1. The molecule has 11 heavy (non-hydrogen) atoms. The number of hydrogen-bond donors (Lipinski definition) is 2. The lowest BCUT2D eigenvalue weighted by atomic mass is 10.1. The van der Waals surface area contributed by atoms with Gasteiger partial charge < -0.3 is 15.2 Å². The van der Waals surface area contributed by atoms with Crippen molar-refractivity contribution in [1.29, 1.82) is 0 Å². The molecule has 1 aliphatic heterocycles. The number of nitrogens with one attached hydrogen (secondary N) is 1. The highest BCUT2D eigenvalue weighted by atomic mass is 127. The fourth-order valence-corrected chi connectivity index (χ4v) is 1.53. The maximum Gasteiger partial charge on any atom is 0.407 e. The molecule has 0 saturated carbocycles. The van der Waals surface area contributed by atoms with Crippen molar-refractivity contribution in [2.45, 2.75) is 23.0 Å². The first kappa shape index (κ1) is 9.05. The molecule has 0 aromatic carbocycles. The van der Waals surface area contributed by atoms with E-state index in [1.165, 1.54) is 0 Å². The van der Waals surface area contributed by atoms with Crippen molar-refractivity contribution in [3.05, 3.63) is 0 Å². The van der Waals surface area contributed by atoms with Gasteiger partial charge in [0.2, 0.25) is 0 Å². The lowest BCUT2D eigenvalue weighted by Crippen LogP contribution is -2.54. The van der Waals surface area contributed by atoms with Crippen LogP contribution < -0.4 is 5.32 Å². The van der Waals surface area contributed by atoms with Gasteiger partial charge in [0, 0.05) is 0 Å². The molecule has 1 saturated heterocycles.